The summed E-state index contributed by atoms with van der Waals surface area (Å²) in [5, 5.41) is 4.60. The van der Waals surface area contributed by atoms with Crippen molar-refractivity contribution in [3.05, 3.63) is 35.5 Å². The fraction of sp³-hybridized carbons (Fsp3) is 0.400. The van der Waals surface area contributed by atoms with Crippen LogP contribution in [0.2, 0.25) is 0 Å². The highest BCUT2D eigenvalue weighted by Gasteiger charge is 2.06. The zero-order valence-corrected chi connectivity index (χ0v) is 11.3. The molecule has 3 heteroatoms. The van der Waals surface area contributed by atoms with Crippen LogP contribution in [0.5, 0.6) is 0 Å². The number of benzene rings is 1. The Hall–Kier alpha value is -1.61. The van der Waals surface area contributed by atoms with Crippen LogP contribution in [-0.2, 0) is 17.8 Å². The number of pyridine rings is 1. The lowest BCUT2D eigenvalue weighted by Gasteiger charge is -2.11. The Morgan fingerprint density at radius 1 is 1.22 bits per heavy atom. The van der Waals surface area contributed by atoms with Gasteiger partial charge in [0.1, 0.15) is 0 Å². The highest BCUT2D eigenvalue weighted by atomic mass is 16.5. The van der Waals surface area contributed by atoms with E-state index in [2.05, 4.69) is 48.4 Å². The third-order valence-corrected chi connectivity index (χ3v) is 2.99. The van der Waals surface area contributed by atoms with Crippen LogP contribution < -0.4 is 5.32 Å². The third kappa shape index (κ3) is 2.62. The zero-order chi connectivity index (χ0) is 13.0. The second-order valence-electron chi connectivity index (χ2n) is 4.33. The van der Waals surface area contributed by atoms with Crippen LogP contribution in [-0.4, -0.2) is 18.6 Å². The summed E-state index contributed by atoms with van der Waals surface area (Å²) in [4.78, 5) is 4.62. The molecule has 0 saturated carbocycles. The molecule has 3 nitrogen and oxygen atoms in total. The smallest absolute Gasteiger partial charge is 0.0885 e. The topological polar surface area (TPSA) is 34.1 Å². The first-order valence-electron chi connectivity index (χ1n) is 6.43. The number of nitrogens with zero attached hydrogens (tertiary/aromatic N) is 1. The first-order chi connectivity index (χ1) is 8.78. The van der Waals surface area contributed by atoms with Crippen LogP contribution in [0.3, 0.4) is 0 Å². The van der Waals surface area contributed by atoms with Crippen molar-refractivity contribution >= 4 is 16.6 Å². The fourth-order valence-electron chi connectivity index (χ4n) is 2.11. The van der Waals surface area contributed by atoms with Crippen LogP contribution >= 0.6 is 0 Å². The lowest BCUT2D eigenvalue weighted by molar-refractivity contribution is 0.182. The number of hydrogen-bond acceptors (Lipinski definition) is 3. The molecular weight excluding hydrogens is 224 g/mol. The van der Waals surface area contributed by atoms with Crippen molar-refractivity contribution < 1.29 is 4.74 Å². The maximum absolute atomic E-state index is 5.16. The number of ether oxygens (including phenoxy) is 1. The molecule has 0 spiro atoms. The van der Waals surface area contributed by atoms with E-state index in [1.54, 1.807) is 7.11 Å². The first-order valence-corrected chi connectivity index (χ1v) is 6.43. The molecule has 1 aromatic carbocycles. The van der Waals surface area contributed by atoms with Gasteiger partial charge < -0.3 is 10.1 Å². The minimum absolute atomic E-state index is 0.545. The number of anilines is 1. The molecule has 0 saturated heterocycles. The Morgan fingerprint density at radius 3 is 2.72 bits per heavy atom. The molecule has 0 radical (unpaired) electrons. The van der Waals surface area contributed by atoms with E-state index in [1.807, 2.05) is 0 Å². The van der Waals surface area contributed by atoms with Crippen molar-refractivity contribution in [2.24, 2.45) is 0 Å². The molecular formula is C15H20N2O. The summed E-state index contributed by atoms with van der Waals surface area (Å²) in [5.41, 5.74) is 4.47. The summed E-state index contributed by atoms with van der Waals surface area (Å²) in [6.07, 6.45) is 1.04. The third-order valence-electron chi connectivity index (χ3n) is 2.99. The summed E-state index contributed by atoms with van der Waals surface area (Å²) in [6, 6.07) is 8.53. The quantitative estimate of drug-likeness (QED) is 0.875. The minimum atomic E-state index is 0.545. The van der Waals surface area contributed by atoms with E-state index in [-0.39, 0.29) is 0 Å². The Kier molecular flexibility index (Phi) is 4.15. The molecule has 0 aliphatic carbocycles. The largest absolute Gasteiger partial charge is 0.385 e. The Balaban J connectivity index is 2.56. The highest BCUT2D eigenvalue weighted by Crippen LogP contribution is 2.25. The fourth-order valence-corrected chi connectivity index (χ4v) is 2.11. The van der Waals surface area contributed by atoms with Crippen LogP contribution in [0.15, 0.2) is 24.3 Å². The van der Waals surface area contributed by atoms with Gasteiger partial charge in [-0.15, -0.1) is 0 Å². The average molecular weight is 244 g/mol. The Bertz CT molecular complexity index is 537. The highest BCUT2D eigenvalue weighted by molar-refractivity contribution is 5.92. The van der Waals surface area contributed by atoms with E-state index in [0.717, 1.165) is 29.9 Å². The molecule has 96 valence electrons. The van der Waals surface area contributed by atoms with Crippen molar-refractivity contribution in [1.29, 1.82) is 0 Å². The second-order valence-corrected chi connectivity index (χ2v) is 4.33. The number of hydrogen-bond donors (Lipinski definition) is 1. The molecule has 0 aliphatic heterocycles. The predicted octanol–water partition coefficient (Wildman–Crippen LogP) is 3.38. The van der Waals surface area contributed by atoms with E-state index in [4.69, 9.17) is 4.74 Å². The number of aryl methyl sites for hydroxylation is 1. The van der Waals surface area contributed by atoms with E-state index in [9.17, 15) is 0 Å². The van der Waals surface area contributed by atoms with Crippen LogP contribution in [0.1, 0.15) is 25.1 Å². The molecule has 1 aromatic heterocycles. The lowest BCUT2D eigenvalue weighted by atomic mass is 10.1. The molecule has 2 rings (SSSR count). The summed E-state index contributed by atoms with van der Waals surface area (Å²) < 4.78 is 5.16. The number of methoxy groups -OCH3 is 1. The van der Waals surface area contributed by atoms with Gasteiger partial charge in [-0.1, -0.05) is 13.0 Å². The lowest BCUT2D eigenvalue weighted by Crippen LogP contribution is -2.01. The predicted molar refractivity (Wildman–Crippen MR) is 76.0 cm³/mol. The van der Waals surface area contributed by atoms with Gasteiger partial charge in [-0.3, -0.25) is 4.98 Å². The molecule has 0 unspecified atom stereocenters. The molecule has 0 bridgehead atoms. The maximum Gasteiger partial charge on any atom is 0.0885 e. The van der Waals surface area contributed by atoms with Crippen LogP contribution in [0, 0.1) is 0 Å². The normalized spacial score (nSPS) is 10.8. The van der Waals surface area contributed by atoms with Gasteiger partial charge in [0.25, 0.3) is 0 Å². The van der Waals surface area contributed by atoms with Gasteiger partial charge in [0.2, 0.25) is 0 Å². The van der Waals surface area contributed by atoms with Crippen LogP contribution in [0.25, 0.3) is 10.9 Å². The summed E-state index contributed by atoms with van der Waals surface area (Å²) in [6.45, 7) is 5.72. The van der Waals surface area contributed by atoms with E-state index in [1.165, 1.54) is 10.9 Å². The SMILES string of the molecule is CCNc1cc(COC)nc2ccc(CC)cc12. The molecule has 0 amide bonds. The Labute approximate surface area is 108 Å². The number of nitrogens with one attached hydrogen (secondary N) is 1. The van der Waals surface area contributed by atoms with Gasteiger partial charge in [0.15, 0.2) is 0 Å². The zero-order valence-electron chi connectivity index (χ0n) is 11.3. The van der Waals surface area contributed by atoms with Crippen LogP contribution in [0.4, 0.5) is 5.69 Å². The number of aromatic nitrogens is 1. The van der Waals surface area contributed by atoms with Crippen molar-refractivity contribution in [3.8, 4) is 0 Å². The van der Waals surface area contributed by atoms with Gasteiger partial charge in [-0.25, -0.2) is 0 Å². The summed E-state index contributed by atoms with van der Waals surface area (Å²) in [7, 11) is 1.69. The molecule has 0 fully saturated rings. The average Bonchev–Trinajstić information content (AvgIpc) is 2.39. The monoisotopic (exact) mass is 244 g/mol. The second kappa shape index (κ2) is 5.83. The van der Waals surface area contributed by atoms with Gasteiger partial charge in [-0.05, 0) is 37.1 Å². The minimum Gasteiger partial charge on any atom is -0.385 e. The molecule has 1 N–H and O–H groups in total. The van der Waals surface area contributed by atoms with E-state index in [0.29, 0.717) is 6.61 Å². The van der Waals surface area contributed by atoms with E-state index < -0.39 is 0 Å². The van der Waals surface area contributed by atoms with Crippen molar-refractivity contribution in [2.75, 3.05) is 19.0 Å². The Morgan fingerprint density at radius 2 is 2.06 bits per heavy atom. The maximum atomic E-state index is 5.16. The summed E-state index contributed by atoms with van der Waals surface area (Å²) in [5.74, 6) is 0. The standard InChI is InChI=1S/C15H20N2O/c1-4-11-6-7-14-13(8-11)15(16-5-2)9-12(17-14)10-18-3/h6-9H,4-5,10H2,1-3H3,(H,16,17). The van der Waals surface area contributed by atoms with Gasteiger partial charge in [0.05, 0.1) is 17.8 Å². The van der Waals surface area contributed by atoms with Crippen molar-refractivity contribution in [2.45, 2.75) is 26.9 Å². The van der Waals surface area contributed by atoms with Gasteiger partial charge in [0, 0.05) is 24.7 Å². The number of fused-ring (bicyclic) bond motifs is 1. The van der Waals surface area contributed by atoms with Crippen molar-refractivity contribution in [3.63, 3.8) is 0 Å². The van der Waals surface area contributed by atoms with Crippen molar-refractivity contribution in [1.82, 2.24) is 4.98 Å². The molecule has 1 heterocycles. The molecule has 0 atom stereocenters. The van der Waals surface area contributed by atoms with E-state index >= 15 is 0 Å². The van der Waals surface area contributed by atoms with Gasteiger partial charge >= 0.3 is 0 Å². The van der Waals surface area contributed by atoms with Gasteiger partial charge in [-0.2, -0.15) is 0 Å². The summed E-state index contributed by atoms with van der Waals surface area (Å²) >= 11 is 0. The first kappa shape index (κ1) is 12.8. The molecule has 0 aliphatic rings. The number of rotatable bonds is 5. The molecule has 18 heavy (non-hydrogen) atoms. The molecule has 2 aromatic rings.